The largest absolute Gasteiger partial charge is 1.00 e. The Hall–Kier alpha value is -1.33. The van der Waals surface area contributed by atoms with Crippen LogP contribution in [0.4, 0.5) is 0 Å². The van der Waals surface area contributed by atoms with Gasteiger partial charge >= 0.3 is 29.0 Å². The average molecular weight is 969 g/mol. The summed E-state index contributed by atoms with van der Waals surface area (Å²) in [4.78, 5) is 18.0. The van der Waals surface area contributed by atoms with Gasteiger partial charge in [-0.25, -0.2) is 0 Å². The van der Waals surface area contributed by atoms with E-state index in [1.165, 1.54) is 0 Å². The van der Waals surface area contributed by atoms with Crippen molar-refractivity contribution >= 4 is 114 Å². The van der Waals surface area contributed by atoms with Crippen LogP contribution < -0.4 is 40.5 Å². The zero-order valence-corrected chi connectivity index (χ0v) is 41.8. The van der Waals surface area contributed by atoms with Gasteiger partial charge in [-0.05, 0) is 42.2 Å². The van der Waals surface area contributed by atoms with E-state index < -0.39 is 26.6 Å². The van der Waals surface area contributed by atoms with Gasteiger partial charge in [-0.3, -0.25) is 19.3 Å². The maximum absolute atomic E-state index is 10.2. The predicted molar refractivity (Wildman–Crippen MR) is 250 cm³/mol. The van der Waals surface area contributed by atoms with Crippen LogP contribution >= 0.6 is 69.6 Å². The summed E-state index contributed by atoms with van der Waals surface area (Å²) in [6, 6.07) is 16.3. The second kappa shape index (κ2) is 27.6. The van der Waals surface area contributed by atoms with Gasteiger partial charge in [0, 0.05) is 24.7 Å². The van der Waals surface area contributed by atoms with E-state index in [-0.39, 0.29) is 36.1 Å². The molecule has 2 atom stereocenters. The fraction of sp³-hybridized carbons (Fsp3) is 0.432. The topological polar surface area (TPSA) is 172 Å². The minimum absolute atomic E-state index is 0. The molecule has 0 saturated carbocycles. The standard InChI is InChI=1S/C12H15Cl2N3.C9H11Cl2N.C7H4Cl2O.C6H18NSi2.C3H6N2O3S.Li/c1-2-10(17-12-15-6-7-16-12)8-4-3-5-9(13)11(8)14;1-2-8(12)6-4-3-5-7(10)9(6)11;8-6-3-1-2-5(4-10)7(6)9;1-8(2,3)7-9(4,5)6;6-9(7,8)3-4-1-2-5-3;/h3-5,10H,2,6-7H2,1H3,(H2,15,16,17);3-5,8H,2,12H2,1H3;1-4H;1-6H3;1-2H2,(H,4,5)(H,6,7,8);/q;;;-1;;+1. The van der Waals surface area contributed by atoms with Crippen LogP contribution in [0.25, 0.3) is 4.65 Å². The van der Waals surface area contributed by atoms with Crippen molar-refractivity contribution in [2.24, 2.45) is 15.7 Å². The molecule has 2 aliphatic heterocycles. The fourth-order valence-corrected chi connectivity index (χ4v) is 14.9. The van der Waals surface area contributed by atoms with Gasteiger partial charge in [-0.15, -0.1) is 0 Å². The number of carbonyl (C=O) groups is 1. The molecule has 0 aromatic heterocycles. The molecular formula is C37H54Cl6LiN7O4SSi2. The molecule has 6 N–H and O–H groups in total. The van der Waals surface area contributed by atoms with Crippen LogP contribution in [0, 0.1) is 0 Å². The summed E-state index contributed by atoms with van der Waals surface area (Å²) in [5, 5.41) is 11.7. The Labute approximate surface area is 389 Å². The van der Waals surface area contributed by atoms with Crippen molar-refractivity contribution in [1.29, 1.82) is 0 Å². The molecule has 11 nitrogen and oxygen atoms in total. The van der Waals surface area contributed by atoms with Gasteiger partial charge in [0.2, 0.25) is 5.17 Å². The average Bonchev–Trinajstić information content (AvgIpc) is 3.86. The Morgan fingerprint density at radius 3 is 1.60 bits per heavy atom. The number of nitrogens with one attached hydrogen (secondary N) is 3. The molecule has 5 rings (SSSR count). The number of guanidine groups is 1. The molecular weight excluding hydrogens is 914 g/mol. The molecule has 0 bridgehead atoms. The van der Waals surface area contributed by atoms with Crippen molar-refractivity contribution in [3.63, 3.8) is 0 Å². The number of nitrogens with two attached hydrogens (primary N) is 1. The van der Waals surface area contributed by atoms with E-state index in [4.69, 9.17) is 84.5 Å². The second-order valence-corrected chi connectivity index (χ2v) is 27.6. The number of hydrogen-bond acceptors (Lipinski definition) is 9. The van der Waals surface area contributed by atoms with Crippen LogP contribution in [0.3, 0.4) is 0 Å². The summed E-state index contributed by atoms with van der Waals surface area (Å²) >= 11 is 35.3. The Balaban J connectivity index is 0.000000715. The Kier molecular flexibility index (Phi) is 27.0. The first-order valence-corrected chi connectivity index (χ1v) is 28.6. The third kappa shape index (κ3) is 22.0. The van der Waals surface area contributed by atoms with Gasteiger partial charge in [0.15, 0.2) is 12.2 Å². The van der Waals surface area contributed by atoms with E-state index in [9.17, 15) is 13.2 Å². The predicted octanol–water partition coefficient (Wildman–Crippen LogP) is 8.07. The molecule has 0 fully saturated rings. The molecule has 3 aromatic rings. The maximum Gasteiger partial charge on any atom is 1.00 e. The molecule has 2 unspecified atom stereocenters. The number of aliphatic imine (C=N–C) groups is 2. The van der Waals surface area contributed by atoms with Gasteiger partial charge in [-0.2, -0.15) is 8.42 Å². The van der Waals surface area contributed by atoms with Crippen LogP contribution in [0.5, 0.6) is 0 Å². The number of amidine groups is 1. The normalized spacial score (nSPS) is 14.2. The summed E-state index contributed by atoms with van der Waals surface area (Å²) in [6.07, 6.45) is 2.45. The number of hydrogen-bond donors (Lipinski definition) is 5. The number of nitrogens with zero attached hydrogens (tertiary/aromatic N) is 3. The molecule has 0 saturated heterocycles. The van der Waals surface area contributed by atoms with E-state index >= 15 is 0 Å². The van der Waals surface area contributed by atoms with E-state index in [1.807, 2.05) is 31.2 Å². The van der Waals surface area contributed by atoms with Crippen molar-refractivity contribution in [2.45, 2.75) is 78.1 Å². The van der Waals surface area contributed by atoms with Crippen LogP contribution in [-0.2, 0) is 10.1 Å². The van der Waals surface area contributed by atoms with Crippen LogP contribution in [0.15, 0.2) is 64.6 Å². The fourth-order valence-electron chi connectivity index (χ4n) is 5.04. The Morgan fingerprint density at radius 2 is 1.24 bits per heavy atom. The van der Waals surface area contributed by atoms with Gasteiger partial charge in [0.25, 0.3) is 0 Å². The van der Waals surface area contributed by atoms with Crippen molar-refractivity contribution in [3.8, 4) is 0 Å². The molecule has 0 radical (unpaired) electrons. The van der Waals surface area contributed by atoms with Gasteiger partial charge in [0.1, 0.15) is 0 Å². The monoisotopic (exact) mass is 965 g/mol. The molecule has 2 aliphatic rings. The van der Waals surface area contributed by atoms with Crippen molar-refractivity contribution in [2.75, 3.05) is 26.2 Å². The number of rotatable bonds is 8. The van der Waals surface area contributed by atoms with Crippen LogP contribution in [-0.4, -0.2) is 73.0 Å². The molecule has 318 valence electrons. The Bertz CT molecular complexity index is 1910. The first-order valence-electron chi connectivity index (χ1n) is 18.0. The number of halogens is 6. The quantitative estimate of drug-likeness (QED) is 0.0857. The summed E-state index contributed by atoms with van der Waals surface area (Å²) < 4.78 is 33.5. The van der Waals surface area contributed by atoms with E-state index in [0.29, 0.717) is 55.1 Å². The zero-order valence-electron chi connectivity index (χ0n) is 34.4. The minimum Gasteiger partial charge on any atom is -0.668 e. The van der Waals surface area contributed by atoms with E-state index in [0.717, 1.165) is 43.0 Å². The SMILES string of the molecule is CCC(N)c1cccc(Cl)c1Cl.CCC(NC1=NCCN1)c1cccc(Cl)c1Cl.C[Si](C)(C)[N-][Si](C)(C)C.O=Cc1cccc(Cl)c1Cl.O=S(=O)(O)C1=NCCN1.[Li+]. The van der Waals surface area contributed by atoms with E-state index in [2.05, 4.69) is 72.1 Å². The first-order chi connectivity index (χ1) is 26.4. The van der Waals surface area contributed by atoms with Crippen molar-refractivity contribution in [3.05, 3.63) is 106 Å². The first kappa shape index (κ1) is 56.7. The van der Waals surface area contributed by atoms with Crippen molar-refractivity contribution < 1.29 is 36.6 Å². The second-order valence-electron chi connectivity index (χ2n) is 14.4. The third-order valence-electron chi connectivity index (χ3n) is 7.24. The molecule has 0 amide bonds. The van der Waals surface area contributed by atoms with Crippen LogP contribution in [0.1, 0.15) is 60.3 Å². The van der Waals surface area contributed by atoms with Gasteiger partial charge in [0.05, 0.1) is 49.3 Å². The summed E-state index contributed by atoms with van der Waals surface area (Å²) in [5.74, 6) is 0.841. The van der Waals surface area contributed by atoms with Crippen molar-refractivity contribution in [1.82, 2.24) is 16.0 Å². The third-order valence-corrected chi connectivity index (χ3v) is 15.9. The maximum atomic E-state index is 10.2. The summed E-state index contributed by atoms with van der Waals surface area (Å²) in [7, 11) is -6.28. The molecule has 2 heterocycles. The molecule has 58 heavy (non-hydrogen) atoms. The molecule has 21 heteroatoms. The van der Waals surface area contributed by atoms with Crippen LogP contribution in [0.2, 0.25) is 69.4 Å². The smallest absolute Gasteiger partial charge is 0.668 e. The summed E-state index contributed by atoms with van der Waals surface area (Å²) in [6.45, 7) is 20.5. The number of benzene rings is 3. The minimum atomic E-state index is -4.06. The van der Waals surface area contributed by atoms with Gasteiger partial charge < -0.3 is 26.3 Å². The van der Waals surface area contributed by atoms with Gasteiger partial charge in [-0.1, -0.05) is 176 Å². The zero-order chi connectivity index (χ0) is 43.6. The molecule has 0 spiro atoms. The Morgan fingerprint density at radius 1 is 0.776 bits per heavy atom. The number of aldehydes is 1. The summed E-state index contributed by atoms with van der Waals surface area (Å²) in [5.41, 5.74) is 8.18. The molecule has 0 aliphatic carbocycles. The number of carbonyl (C=O) groups excluding carboxylic acids is 1. The molecule has 3 aromatic carbocycles. The van der Waals surface area contributed by atoms with E-state index in [1.54, 1.807) is 30.3 Å².